The molecule has 0 saturated heterocycles. The number of aliphatic hydroxyl groups is 1. The number of hydrogen-bond donors (Lipinski definition) is 1. The van der Waals surface area contributed by atoms with Crippen molar-refractivity contribution in [1.29, 1.82) is 0 Å². The van der Waals surface area contributed by atoms with Gasteiger partial charge in [-0.25, -0.2) is 0 Å². The normalized spacial score (nSPS) is 12.4. The number of fused-ring (bicyclic) bond motifs is 1. The Bertz CT molecular complexity index is 522. The van der Waals surface area contributed by atoms with Gasteiger partial charge in [-0.05, 0) is 19.2 Å². The number of pyridine rings is 1. The van der Waals surface area contributed by atoms with Crippen molar-refractivity contribution in [2.75, 3.05) is 0 Å². The molecule has 2 rings (SSSR count). The maximum Gasteiger partial charge on any atom is 0.0995 e. The molecule has 0 spiro atoms. The van der Waals surface area contributed by atoms with Crippen molar-refractivity contribution >= 4 is 10.8 Å². The summed E-state index contributed by atoms with van der Waals surface area (Å²) in [6.07, 6.45) is 4.80. The van der Waals surface area contributed by atoms with Crippen LogP contribution in [0.5, 0.6) is 0 Å². The highest BCUT2D eigenvalue weighted by molar-refractivity contribution is 5.85. The second-order valence-corrected chi connectivity index (χ2v) is 4.14. The predicted octanol–water partition coefficient (Wildman–Crippen LogP) is 3.23. The van der Waals surface area contributed by atoms with Gasteiger partial charge in [-0.1, -0.05) is 35.9 Å². The summed E-state index contributed by atoms with van der Waals surface area (Å²) in [5, 5.41) is 12.2. The second kappa shape index (κ2) is 4.45. The summed E-state index contributed by atoms with van der Waals surface area (Å²) < 4.78 is 0. The summed E-state index contributed by atoms with van der Waals surface area (Å²) in [5.74, 6) is 0. The minimum atomic E-state index is -0.580. The van der Waals surface area contributed by atoms with E-state index in [1.165, 1.54) is 0 Å². The van der Waals surface area contributed by atoms with Crippen LogP contribution in [0.25, 0.3) is 10.8 Å². The Morgan fingerprint density at radius 3 is 2.75 bits per heavy atom. The zero-order valence-electron chi connectivity index (χ0n) is 9.51. The Kier molecular flexibility index (Phi) is 3.02. The molecule has 1 aromatic carbocycles. The van der Waals surface area contributed by atoms with Crippen molar-refractivity contribution in [3.05, 3.63) is 53.9 Å². The summed E-state index contributed by atoms with van der Waals surface area (Å²) >= 11 is 0. The van der Waals surface area contributed by atoms with Crippen LogP contribution in [0, 0.1) is 0 Å². The smallest absolute Gasteiger partial charge is 0.0995 e. The molecule has 0 bridgehead atoms. The Morgan fingerprint density at radius 2 is 2.00 bits per heavy atom. The third-order valence-corrected chi connectivity index (χ3v) is 2.51. The molecule has 2 nitrogen and oxygen atoms in total. The fourth-order valence-corrected chi connectivity index (χ4v) is 1.78. The van der Waals surface area contributed by atoms with Gasteiger partial charge in [-0.3, -0.25) is 4.98 Å². The Hall–Kier alpha value is -1.67. The van der Waals surface area contributed by atoms with Gasteiger partial charge in [0.1, 0.15) is 0 Å². The van der Waals surface area contributed by atoms with Gasteiger partial charge in [-0.2, -0.15) is 0 Å². The fraction of sp³-hybridized carbons (Fsp3) is 0.214. The second-order valence-electron chi connectivity index (χ2n) is 4.14. The lowest BCUT2D eigenvalue weighted by Gasteiger charge is -2.09. The molecular weight excluding hydrogens is 198 g/mol. The van der Waals surface area contributed by atoms with Gasteiger partial charge in [-0.15, -0.1) is 0 Å². The molecule has 2 heteroatoms. The lowest BCUT2D eigenvalue weighted by Crippen LogP contribution is -1.96. The van der Waals surface area contributed by atoms with E-state index in [4.69, 9.17) is 0 Å². The number of benzene rings is 1. The van der Waals surface area contributed by atoms with Crippen molar-refractivity contribution < 1.29 is 5.11 Å². The van der Waals surface area contributed by atoms with E-state index in [-0.39, 0.29) is 0 Å². The van der Waals surface area contributed by atoms with Crippen molar-refractivity contribution in [3.8, 4) is 0 Å². The highest BCUT2D eigenvalue weighted by atomic mass is 16.3. The first kappa shape index (κ1) is 10.8. The number of allylic oxidation sites excluding steroid dienone is 1. The van der Waals surface area contributed by atoms with Gasteiger partial charge in [0, 0.05) is 23.3 Å². The van der Waals surface area contributed by atoms with Crippen molar-refractivity contribution in [1.82, 2.24) is 4.98 Å². The summed E-state index contributed by atoms with van der Waals surface area (Å²) in [7, 11) is 0. The highest BCUT2D eigenvalue weighted by Gasteiger charge is 2.08. The van der Waals surface area contributed by atoms with E-state index in [2.05, 4.69) is 4.98 Å². The lowest BCUT2D eigenvalue weighted by molar-refractivity contribution is 0.229. The molecule has 1 atom stereocenters. The van der Waals surface area contributed by atoms with Crippen molar-refractivity contribution in [2.24, 2.45) is 0 Å². The van der Waals surface area contributed by atoms with Crippen LogP contribution in [-0.4, -0.2) is 10.1 Å². The molecular formula is C14H15NO. The lowest BCUT2D eigenvalue weighted by atomic mass is 10.0. The van der Waals surface area contributed by atoms with E-state index in [1.807, 2.05) is 50.4 Å². The molecule has 1 aromatic heterocycles. The molecule has 0 amide bonds. The van der Waals surface area contributed by atoms with E-state index in [1.54, 1.807) is 6.20 Å². The van der Waals surface area contributed by atoms with Crippen LogP contribution in [0.4, 0.5) is 0 Å². The fourth-order valence-electron chi connectivity index (χ4n) is 1.78. The number of nitrogens with zero attached hydrogens (tertiary/aromatic N) is 1. The van der Waals surface area contributed by atoms with Gasteiger partial charge < -0.3 is 5.11 Å². The maximum atomic E-state index is 10.1. The minimum absolute atomic E-state index is 0.580. The molecule has 82 valence electrons. The van der Waals surface area contributed by atoms with Gasteiger partial charge in [0.2, 0.25) is 0 Å². The molecule has 1 N–H and O–H groups in total. The predicted molar refractivity (Wildman–Crippen MR) is 66.1 cm³/mol. The van der Waals surface area contributed by atoms with Crippen LogP contribution in [0.15, 0.2) is 48.3 Å². The monoisotopic (exact) mass is 213 g/mol. The Morgan fingerprint density at radius 1 is 1.25 bits per heavy atom. The zero-order chi connectivity index (χ0) is 11.5. The van der Waals surface area contributed by atoms with Crippen LogP contribution in [0.2, 0.25) is 0 Å². The first-order valence-electron chi connectivity index (χ1n) is 5.34. The third kappa shape index (κ3) is 2.12. The largest absolute Gasteiger partial charge is 0.384 e. The topological polar surface area (TPSA) is 33.1 Å². The van der Waals surface area contributed by atoms with E-state index in [0.717, 1.165) is 21.9 Å². The minimum Gasteiger partial charge on any atom is -0.384 e. The van der Waals surface area contributed by atoms with Crippen LogP contribution < -0.4 is 0 Å². The van der Waals surface area contributed by atoms with Crippen LogP contribution in [0.3, 0.4) is 0 Å². The van der Waals surface area contributed by atoms with E-state index < -0.39 is 6.10 Å². The number of aliphatic hydroxyl groups excluding tert-OH is 1. The van der Waals surface area contributed by atoms with Gasteiger partial charge in [0.15, 0.2) is 0 Å². The summed E-state index contributed by atoms with van der Waals surface area (Å²) in [4.78, 5) is 4.15. The van der Waals surface area contributed by atoms with Crippen LogP contribution in [0.1, 0.15) is 25.5 Å². The molecule has 0 saturated carbocycles. The number of rotatable bonds is 2. The van der Waals surface area contributed by atoms with Crippen LogP contribution in [-0.2, 0) is 0 Å². The molecule has 1 heterocycles. The summed E-state index contributed by atoms with van der Waals surface area (Å²) in [5.41, 5.74) is 1.96. The SMILES string of the molecule is CC(C)=CC(O)c1cncc2ccccc12. The third-order valence-electron chi connectivity index (χ3n) is 2.51. The standard InChI is InChI=1S/C14H15NO/c1-10(2)7-14(16)13-9-15-8-11-5-3-4-6-12(11)13/h3-9,14,16H,1-2H3. The molecule has 0 radical (unpaired) electrons. The zero-order valence-corrected chi connectivity index (χ0v) is 9.51. The molecule has 0 aliphatic carbocycles. The van der Waals surface area contributed by atoms with Gasteiger partial charge in [0.25, 0.3) is 0 Å². The molecule has 16 heavy (non-hydrogen) atoms. The molecule has 0 aliphatic heterocycles. The first-order chi connectivity index (χ1) is 7.68. The van der Waals surface area contributed by atoms with E-state index in [9.17, 15) is 5.11 Å². The van der Waals surface area contributed by atoms with E-state index in [0.29, 0.717) is 0 Å². The number of hydrogen-bond acceptors (Lipinski definition) is 2. The molecule has 0 fully saturated rings. The quantitative estimate of drug-likeness (QED) is 0.777. The Labute approximate surface area is 95.3 Å². The van der Waals surface area contributed by atoms with Crippen LogP contribution >= 0.6 is 0 Å². The van der Waals surface area contributed by atoms with Crippen molar-refractivity contribution in [3.63, 3.8) is 0 Å². The Balaban J connectivity index is 2.56. The van der Waals surface area contributed by atoms with Gasteiger partial charge >= 0.3 is 0 Å². The highest BCUT2D eigenvalue weighted by Crippen LogP contribution is 2.24. The van der Waals surface area contributed by atoms with Crippen molar-refractivity contribution in [2.45, 2.75) is 20.0 Å². The average Bonchev–Trinajstić information content (AvgIpc) is 2.27. The summed E-state index contributed by atoms with van der Waals surface area (Å²) in [6.45, 7) is 3.95. The molecule has 0 aliphatic rings. The average molecular weight is 213 g/mol. The van der Waals surface area contributed by atoms with Gasteiger partial charge in [0.05, 0.1) is 6.10 Å². The van der Waals surface area contributed by atoms with E-state index >= 15 is 0 Å². The number of aromatic nitrogens is 1. The molecule has 2 aromatic rings. The summed E-state index contributed by atoms with van der Waals surface area (Å²) in [6, 6.07) is 7.96. The maximum absolute atomic E-state index is 10.1. The molecule has 1 unspecified atom stereocenters. The first-order valence-corrected chi connectivity index (χ1v) is 5.34.